The Morgan fingerprint density at radius 3 is 2.83 bits per heavy atom. The van der Waals surface area contributed by atoms with Gasteiger partial charge in [-0.15, -0.1) is 0 Å². The number of benzene rings is 1. The molecule has 0 saturated carbocycles. The molecule has 0 bridgehead atoms. The third-order valence-corrected chi connectivity index (χ3v) is 3.62. The Morgan fingerprint density at radius 1 is 1.56 bits per heavy atom. The lowest BCUT2D eigenvalue weighted by Gasteiger charge is -2.32. The summed E-state index contributed by atoms with van der Waals surface area (Å²) in [6.45, 7) is 6.10. The summed E-state index contributed by atoms with van der Waals surface area (Å²) < 4.78 is 11.9. The van der Waals surface area contributed by atoms with E-state index in [9.17, 15) is 4.79 Å². The Balaban J connectivity index is 2.60. The SMILES string of the molecule is CCOc1c(Br)cc2c(c1Cl)OC(C)(C)CC2=O. The average Bonchev–Trinajstić information content (AvgIpc) is 2.25. The van der Waals surface area contributed by atoms with Gasteiger partial charge in [0.05, 0.1) is 23.1 Å². The van der Waals surface area contributed by atoms with Gasteiger partial charge in [0.1, 0.15) is 10.6 Å². The Labute approximate surface area is 120 Å². The molecule has 0 aliphatic carbocycles. The van der Waals surface area contributed by atoms with Gasteiger partial charge in [-0.25, -0.2) is 0 Å². The molecule has 0 unspecified atom stereocenters. The molecule has 1 aliphatic rings. The van der Waals surface area contributed by atoms with Crippen molar-refractivity contribution in [2.24, 2.45) is 0 Å². The van der Waals surface area contributed by atoms with E-state index in [2.05, 4.69) is 15.9 Å². The highest BCUT2D eigenvalue weighted by Gasteiger charge is 2.35. The fraction of sp³-hybridized carbons (Fsp3) is 0.462. The van der Waals surface area contributed by atoms with Crippen molar-refractivity contribution in [3.8, 4) is 11.5 Å². The van der Waals surface area contributed by atoms with Crippen LogP contribution < -0.4 is 9.47 Å². The molecule has 0 saturated heterocycles. The van der Waals surface area contributed by atoms with Gasteiger partial charge in [0, 0.05) is 0 Å². The van der Waals surface area contributed by atoms with Gasteiger partial charge in [-0.1, -0.05) is 11.6 Å². The van der Waals surface area contributed by atoms with Crippen LogP contribution in [0, 0.1) is 0 Å². The van der Waals surface area contributed by atoms with Gasteiger partial charge in [-0.3, -0.25) is 4.79 Å². The lowest BCUT2D eigenvalue weighted by atomic mass is 9.93. The lowest BCUT2D eigenvalue weighted by Crippen LogP contribution is -2.36. The molecule has 1 aromatic carbocycles. The molecular weight excluding hydrogens is 319 g/mol. The number of halogens is 2. The minimum Gasteiger partial charge on any atom is -0.491 e. The zero-order chi connectivity index (χ0) is 13.5. The van der Waals surface area contributed by atoms with Crippen molar-refractivity contribution in [1.82, 2.24) is 0 Å². The van der Waals surface area contributed by atoms with Gasteiger partial charge in [-0.05, 0) is 42.8 Å². The second-order valence-electron chi connectivity index (χ2n) is 4.77. The van der Waals surface area contributed by atoms with E-state index in [-0.39, 0.29) is 5.78 Å². The summed E-state index contributed by atoms with van der Waals surface area (Å²) in [5.74, 6) is 0.972. The molecule has 1 aromatic rings. The first kappa shape index (κ1) is 13.7. The normalized spacial score (nSPS) is 17.1. The van der Waals surface area contributed by atoms with Crippen LogP contribution in [0.4, 0.5) is 0 Å². The van der Waals surface area contributed by atoms with E-state index in [0.29, 0.717) is 39.6 Å². The molecule has 3 nitrogen and oxygen atoms in total. The predicted octanol–water partition coefficient (Wildman–Crippen LogP) is 4.25. The molecule has 0 amide bonds. The van der Waals surface area contributed by atoms with Gasteiger partial charge < -0.3 is 9.47 Å². The standard InChI is InChI=1S/C13H14BrClO3/c1-4-17-12-8(14)5-7-9(16)6-13(2,3)18-11(7)10(12)15/h5H,4,6H2,1-3H3. The predicted molar refractivity (Wildman–Crippen MR) is 74.0 cm³/mol. The third kappa shape index (κ3) is 2.36. The first-order valence-corrected chi connectivity index (χ1v) is 6.90. The van der Waals surface area contributed by atoms with Crippen molar-refractivity contribution in [1.29, 1.82) is 0 Å². The number of fused-ring (bicyclic) bond motifs is 1. The highest BCUT2D eigenvalue weighted by Crippen LogP contribution is 2.46. The Kier molecular flexibility index (Phi) is 3.60. The van der Waals surface area contributed by atoms with E-state index in [0.717, 1.165) is 0 Å². The number of hydrogen-bond acceptors (Lipinski definition) is 3. The van der Waals surface area contributed by atoms with Crippen molar-refractivity contribution in [3.05, 3.63) is 21.1 Å². The Bertz CT molecular complexity index is 511. The quantitative estimate of drug-likeness (QED) is 0.812. The van der Waals surface area contributed by atoms with Crippen LogP contribution in [0.15, 0.2) is 10.5 Å². The number of ketones is 1. The van der Waals surface area contributed by atoms with E-state index in [1.165, 1.54) is 0 Å². The number of ether oxygens (including phenoxy) is 2. The van der Waals surface area contributed by atoms with Crippen LogP contribution in [0.3, 0.4) is 0 Å². The summed E-state index contributed by atoms with van der Waals surface area (Å²) in [6, 6.07) is 1.71. The molecule has 1 aliphatic heterocycles. The molecular formula is C13H14BrClO3. The largest absolute Gasteiger partial charge is 0.491 e. The third-order valence-electron chi connectivity index (χ3n) is 2.69. The van der Waals surface area contributed by atoms with Crippen LogP contribution in [-0.4, -0.2) is 18.0 Å². The zero-order valence-corrected chi connectivity index (χ0v) is 12.8. The van der Waals surface area contributed by atoms with Crippen LogP contribution in [0.25, 0.3) is 0 Å². The zero-order valence-electron chi connectivity index (χ0n) is 10.5. The molecule has 1 heterocycles. The molecule has 5 heteroatoms. The monoisotopic (exact) mass is 332 g/mol. The molecule has 2 rings (SSSR count). The molecule has 0 fully saturated rings. The Morgan fingerprint density at radius 2 is 2.22 bits per heavy atom. The van der Waals surface area contributed by atoms with Gasteiger partial charge >= 0.3 is 0 Å². The van der Waals surface area contributed by atoms with Crippen LogP contribution in [0.5, 0.6) is 11.5 Å². The summed E-state index contributed by atoms with van der Waals surface area (Å²) in [4.78, 5) is 12.1. The fourth-order valence-electron chi connectivity index (χ4n) is 1.96. The number of carbonyl (C=O) groups excluding carboxylic acids is 1. The molecule has 18 heavy (non-hydrogen) atoms. The molecule has 0 atom stereocenters. The first-order chi connectivity index (χ1) is 8.35. The lowest BCUT2D eigenvalue weighted by molar-refractivity contribution is 0.0618. The molecule has 0 aromatic heterocycles. The van der Waals surface area contributed by atoms with Crippen molar-refractivity contribution in [2.45, 2.75) is 32.8 Å². The number of Topliss-reactive ketones (excluding diaryl/α,β-unsaturated/α-hetero) is 1. The maximum absolute atomic E-state index is 12.1. The molecule has 0 spiro atoms. The van der Waals surface area contributed by atoms with Crippen molar-refractivity contribution >= 4 is 33.3 Å². The number of carbonyl (C=O) groups is 1. The van der Waals surface area contributed by atoms with Gasteiger partial charge in [0.2, 0.25) is 0 Å². The minimum absolute atomic E-state index is 0.0342. The summed E-state index contributed by atoms with van der Waals surface area (Å²) in [6.07, 6.45) is 0.344. The summed E-state index contributed by atoms with van der Waals surface area (Å²) >= 11 is 9.64. The van der Waals surface area contributed by atoms with Gasteiger partial charge in [0.15, 0.2) is 17.3 Å². The summed E-state index contributed by atoms with van der Waals surface area (Å²) in [7, 11) is 0. The van der Waals surface area contributed by atoms with E-state index < -0.39 is 5.60 Å². The van der Waals surface area contributed by atoms with Gasteiger partial charge in [-0.2, -0.15) is 0 Å². The van der Waals surface area contributed by atoms with Gasteiger partial charge in [0.25, 0.3) is 0 Å². The summed E-state index contributed by atoms with van der Waals surface area (Å²) in [5.41, 5.74) is -0.0277. The maximum atomic E-state index is 12.1. The minimum atomic E-state index is -0.537. The summed E-state index contributed by atoms with van der Waals surface area (Å²) in [5, 5.41) is 0.349. The maximum Gasteiger partial charge on any atom is 0.170 e. The van der Waals surface area contributed by atoms with Crippen LogP contribution in [0.2, 0.25) is 5.02 Å². The Hall–Kier alpha value is -0.740. The highest BCUT2D eigenvalue weighted by atomic mass is 79.9. The molecule has 0 N–H and O–H groups in total. The van der Waals surface area contributed by atoms with E-state index in [1.807, 2.05) is 20.8 Å². The van der Waals surface area contributed by atoms with Crippen LogP contribution in [0.1, 0.15) is 37.6 Å². The van der Waals surface area contributed by atoms with Crippen LogP contribution >= 0.6 is 27.5 Å². The smallest absolute Gasteiger partial charge is 0.170 e. The van der Waals surface area contributed by atoms with Crippen molar-refractivity contribution < 1.29 is 14.3 Å². The second-order valence-corrected chi connectivity index (χ2v) is 6.01. The van der Waals surface area contributed by atoms with E-state index >= 15 is 0 Å². The first-order valence-electron chi connectivity index (χ1n) is 5.72. The molecule has 0 radical (unpaired) electrons. The number of rotatable bonds is 2. The topological polar surface area (TPSA) is 35.5 Å². The molecule has 98 valence electrons. The fourth-order valence-corrected chi connectivity index (χ4v) is 2.91. The highest BCUT2D eigenvalue weighted by molar-refractivity contribution is 9.10. The van der Waals surface area contributed by atoms with Crippen LogP contribution in [-0.2, 0) is 0 Å². The van der Waals surface area contributed by atoms with E-state index in [1.54, 1.807) is 6.07 Å². The van der Waals surface area contributed by atoms with E-state index in [4.69, 9.17) is 21.1 Å². The van der Waals surface area contributed by atoms with Crippen molar-refractivity contribution in [3.63, 3.8) is 0 Å². The average molecular weight is 334 g/mol. The second kappa shape index (κ2) is 4.74. The van der Waals surface area contributed by atoms with Crippen molar-refractivity contribution in [2.75, 3.05) is 6.61 Å². The number of hydrogen-bond donors (Lipinski definition) is 0.